The second-order valence-electron chi connectivity index (χ2n) is 3.00. The lowest BCUT2D eigenvalue weighted by molar-refractivity contribution is -0.0564. The fourth-order valence-corrected chi connectivity index (χ4v) is 2.48. The Bertz CT molecular complexity index is 450. The van der Waals surface area contributed by atoms with E-state index in [1.54, 1.807) is 0 Å². The standard InChI is InChI=1S/C5H10N2O8P2.H2O/c8-5(15-17(12,13)14)4(16(9,10)11)7-2-1-6-3-7;/h1-5,8H,(H2,9,10,11)(H2,12,13,14);1H2. The summed E-state index contributed by atoms with van der Waals surface area (Å²) in [4.78, 5) is 38.4. The SMILES string of the molecule is O.O=P(O)(O)OC(O)C(n1ccnc1)P(=O)(O)O. The van der Waals surface area contributed by atoms with Crippen molar-refractivity contribution in [3.8, 4) is 0 Å². The number of phosphoric ester groups is 1. The molecule has 0 spiro atoms. The molecule has 0 aromatic carbocycles. The van der Waals surface area contributed by atoms with Gasteiger partial charge in [0.2, 0.25) is 0 Å². The van der Waals surface area contributed by atoms with E-state index < -0.39 is 27.5 Å². The van der Waals surface area contributed by atoms with Crippen LogP contribution in [0.5, 0.6) is 0 Å². The molecular formula is C5H12N2O9P2. The van der Waals surface area contributed by atoms with Crippen LogP contribution < -0.4 is 0 Å². The summed E-state index contributed by atoms with van der Waals surface area (Å²) in [5.41, 5.74) is 0. The van der Waals surface area contributed by atoms with E-state index in [-0.39, 0.29) is 5.48 Å². The van der Waals surface area contributed by atoms with Crippen LogP contribution in [0.1, 0.15) is 5.78 Å². The van der Waals surface area contributed by atoms with Crippen molar-refractivity contribution in [2.75, 3.05) is 0 Å². The third-order valence-corrected chi connectivity index (χ3v) is 3.38. The van der Waals surface area contributed by atoms with Gasteiger partial charge in [0.05, 0.1) is 6.33 Å². The van der Waals surface area contributed by atoms with Crippen LogP contribution in [-0.4, -0.2) is 46.0 Å². The van der Waals surface area contributed by atoms with Crippen LogP contribution in [-0.2, 0) is 13.7 Å². The lowest BCUT2D eigenvalue weighted by atomic mass is 10.6. The van der Waals surface area contributed by atoms with Gasteiger partial charge in [-0.25, -0.2) is 9.55 Å². The average molecular weight is 306 g/mol. The first kappa shape index (κ1) is 17.4. The van der Waals surface area contributed by atoms with E-state index in [9.17, 15) is 14.2 Å². The van der Waals surface area contributed by atoms with Crippen LogP contribution in [0.4, 0.5) is 0 Å². The zero-order valence-corrected chi connectivity index (χ0v) is 10.4. The highest BCUT2D eigenvalue weighted by Crippen LogP contribution is 2.53. The van der Waals surface area contributed by atoms with Gasteiger partial charge in [-0.05, 0) is 0 Å². The number of aromatic nitrogens is 2. The molecule has 1 rings (SSSR count). The molecule has 1 heterocycles. The summed E-state index contributed by atoms with van der Waals surface area (Å²) >= 11 is 0. The molecule has 18 heavy (non-hydrogen) atoms. The first-order valence-electron chi connectivity index (χ1n) is 4.06. The lowest BCUT2D eigenvalue weighted by Gasteiger charge is -2.24. The maximum Gasteiger partial charge on any atom is 0.472 e. The molecule has 0 saturated carbocycles. The summed E-state index contributed by atoms with van der Waals surface area (Å²) in [6.07, 6.45) is 0.865. The Morgan fingerprint density at radius 1 is 1.22 bits per heavy atom. The van der Waals surface area contributed by atoms with Crippen molar-refractivity contribution >= 4 is 15.4 Å². The molecular weight excluding hydrogens is 294 g/mol. The second-order valence-corrected chi connectivity index (χ2v) is 5.90. The van der Waals surface area contributed by atoms with E-state index in [1.807, 2.05) is 0 Å². The largest absolute Gasteiger partial charge is 0.472 e. The highest BCUT2D eigenvalue weighted by molar-refractivity contribution is 7.52. The molecule has 0 fully saturated rings. The van der Waals surface area contributed by atoms with Crippen molar-refractivity contribution in [1.29, 1.82) is 0 Å². The predicted octanol–water partition coefficient (Wildman–Crippen LogP) is -1.84. The van der Waals surface area contributed by atoms with E-state index in [2.05, 4.69) is 9.51 Å². The molecule has 106 valence electrons. The van der Waals surface area contributed by atoms with Gasteiger partial charge in [0, 0.05) is 12.4 Å². The molecule has 0 radical (unpaired) electrons. The Hall–Kier alpha value is -0.610. The van der Waals surface area contributed by atoms with Crippen LogP contribution >= 0.6 is 15.4 Å². The minimum atomic E-state index is -5.07. The fraction of sp³-hybridized carbons (Fsp3) is 0.400. The molecule has 13 heteroatoms. The maximum absolute atomic E-state index is 11.1. The number of hydrogen-bond donors (Lipinski definition) is 5. The van der Waals surface area contributed by atoms with Gasteiger partial charge in [0.25, 0.3) is 0 Å². The number of aliphatic hydroxyl groups is 1. The highest BCUT2D eigenvalue weighted by Gasteiger charge is 2.40. The van der Waals surface area contributed by atoms with Gasteiger partial charge in [-0.3, -0.25) is 9.09 Å². The average Bonchev–Trinajstić information content (AvgIpc) is 2.49. The summed E-state index contributed by atoms with van der Waals surface area (Å²) < 4.78 is 26.2. The summed E-state index contributed by atoms with van der Waals surface area (Å²) in [5, 5.41) is 9.30. The van der Waals surface area contributed by atoms with Crippen molar-refractivity contribution in [1.82, 2.24) is 9.55 Å². The van der Waals surface area contributed by atoms with Crippen LogP contribution in [0.2, 0.25) is 0 Å². The number of phosphoric acid groups is 1. The zero-order chi connectivity index (χ0) is 13.3. The smallest absolute Gasteiger partial charge is 0.412 e. The zero-order valence-electron chi connectivity index (χ0n) is 8.64. The molecule has 2 atom stereocenters. The third kappa shape index (κ3) is 4.94. The van der Waals surface area contributed by atoms with Gasteiger partial charge >= 0.3 is 15.4 Å². The molecule has 0 aliphatic rings. The molecule has 1 aromatic rings. The Kier molecular flexibility index (Phi) is 5.82. The normalized spacial score (nSPS) is 15.8. The number of imidazole rings is 1. The first-order chi connectivity index (χ1) is 7.61. The Balaban J connectivity index is 0.00000289. The molecule has 7 N–H and O–H groups in total. The quantitative estimate of drug-likeness (QED) is 0.307. The summed E-state index contributed by atoms with van der Waals surface area (Å²) in [7, 11) is -9.98. The van der Waals surface area contributed by atoms with Crippen molar-refractivity contribution in [2.45, 2.75) is 12.1 Å². The Morgan fingerprint density at radius 2 is 1.78 bits per heavy atom. The second kappa shape index (κ2) is 6.02. The van der Waals surface area contributed by atoms with Crippen LogP contribution in [0, 0.1) is 0 Å². The lowest BCUT2D eigenvalue weighted by Crippen LogP contribution is -2.25. The first-order valence-corrected chi connectivity index (χ1v) is 7.27. The number of nitrogens with zero attached hydrogens (tertiary/aromatic N) is 2. The molecule has 2 unspecified atom stereocenters. The molecule has 0 aliphatic carbocycles. The van der Waals surface area contributed by atoms with Gasteiger partial charge in [-0.1, -0.05) is 0 Å². The number of hydrogen-bond acceptors (Lipinski definition) is 5. The van der Waals surface area contributed by atoms with Crippen LogP contribution in [0.3, 0.4) is 0 Å². The monoisotopic (exact) mass is 306 g/mol. The van der Waals surface area contributed by atoms with Gasteiger partial charge in [-0.2, -0.15) is 0 Å². The van der Waals surface area contributed by atoms with Gasteiger partial charge in [-0.15, -0.1) is 0 Å². The van der Waals surface area contributed by atoms with Crippen molar-refractivity contribution in [3.05, 3.63) is 18.7 Å². The molecule has 0 saturated heterocycles. The molecule has 1 aromatic heterocycles. The molecule has 0 bridgehead atoms. The topological polar surface area (TPSA) is 194 Å². The van der Waals surface area contributed by atoms with Crippen LogP contribution in [0.25, 0.3) is 0 Å². The molecule has 0 amide bonds. The summed E-state index contributed by atoms with van der Waals surface area (Å²) in [5.74, 6) is -1.99. The van der Waals surface area contributed by atoms with Crippen LogP contribution in [0.15, 0.2) is 18.7 Å². The highest BCUT2D eigenvalue weighted by atomic mass is 31.2. The van der Waals surface area contributed by atoms with Gasteiger partial charge in [0.1, 0.15) is 0 Å². The van der Waals surface area contributed by atoms with Crippen molar-refractivity contribution in [3.63, 3.8) is 0 Å². The number of rotatable bonds is 5. The van der Waals surface area contributed by atoms with E-state index in [0.29, 0.717) is 0 Å². The van der Waals surface area contributed by atoms with E-state index in [0.717, 1.165) is 17.1 Å². The van der Waals surface area contributed by atoms with Gasteiger partial charge < -0.3 is 34.7 Å². The molecule has 0 aliphatic heterocycles. The van der Waals surface area contributed by atoms with E-state index in [4.69, 9.17) is 19.6 Å². The van der Waals surface area contributed by atoms with Gasteiger partial charge in [0.15, 0.2) is 12.1 Å². The van der Waals surface area contributed by atoms with E-state index in [1.165, 1.54) is 6.20 Å². The number of aliphatic hydroxyl groups excluding tert-OH is 1. The minimum Gasteiger partial charge on any atom is -0.412 e. The van der Waals surface area contributed by atoms with Crippen molar-refractivity contribution < 1.29 is 43.8 Å². The van der Waals surface area contributed by atoms with E-state index >= 15 is 0 Å². The Morgan fingerprint density at radius 3 is 2.11 bits per heavy atom. The fourth-order valence-electron chi connectivity index (χ4n) is 1.11. The predicted molar refractivity (Wildman–Crippen MR) is 56.1 cm³/mol. The third-order valence-electron chi connectivity index (χ3n) is 1.68. The maximum atomic E-state index is 11.1. The van der Waals surface area contributed by atoms with Crippen molar-refractivity contribution in [2.24, 2.45) is 0 Å². The Labute approximate surface area is 100 Å². The molecule has 11 nitrogen and oxygen atoms in total. The summed E-state index contributed by atoms with van der Waals surface area (Å²) in [6.45, 7) is 0. The minimum absolute atomic E-state index is 0. The summed E-state index contributed by atoms with van der Waals surface area (Å²) in [6, 6.07) is 0.